The quantitative estimate of drug-likeness (QED) is 0.409. The summed E-state index contributed by atoms with van der Waals surface area (Å²) in [4.78, 5) is 10.7. The second-order valence-electron chi connectivity index (χ2n) is 2.64. The molecule has 0 spiro atoms. The van der Waals surface area contributed by atoms with Gasteiger partial charge in [-0.25, -0.2) is 4.79 Å². The number of hydrogen-bond acceptors (Lipinski definition) is 5. The summed E-state index contributed by atoms with van der Waals surface area (Å²) < 4.78 is 4.91. The lowest BCUT2D eigenvalue weighted by Crippen LogP contribution is -2.07. The molecule has 0 amide bonds. The van der Waals surface area contributed by atoms with Gasteiger partial charge in [0.25, 0.3) is 0 Å². The van der Waals surface area contributed by atoms with Crippen molar-refractivity contribution in [3.63, 3.8) is 0 Å². The average molecular weight is 208 g/mol. The Morgan fingerprint density at radius 2 is 1.60 bits per heavy atom. The Kier molecular flexibility index (Phi) is 4.05. The number of fused-ring (bicyclic) bond motifs is 1. The molecule has 0 saturated heterocycles. The van der Waals surface area contributed by atoms with Crippen LogP contribution in [0.2, 0.25) is 0 Å². The van der Waals surface area contributed by atoms with E-state index in [1.807, 2.05) is 18.2 Å². The van der Waals surface area contributed by atoms with Crippen molar-refractivity contribution in [3.8, 4) is 0 Å². The van der Waals surface area contributed by atoms with Crippen molar-refractivity contribution in [1.82, 2.24) is 0 Å². The predicted octanol–water partition coefficient (Wildman–Crippen LogP) is -0.259. The third kappa shape index (κ3) is 3.95. The molecule has 78 valence electrons. The molecule has 1 aromatic carbocycles. The molecule has 0 radical (unpaired) electrons. The summed E-state index contributed by atoms with van der Waals surface area (Å²) in [6.45, 7) is 0. The summed E-state index contributed by atoms with van der Waals surface area (Å²) >= 11 is 0. The van der Waals surface area contributed by atoms with Crippen molar-refractivity contribution in [3.05, 3.63) is 46.8 Å². The monoisotopic (exact) mass is 208 g/mol. The molecule has 5 nitrogen and oxygen atoms in total. The van der Waals surface area contributed by atoms with Gasteiger partial charge in [-0.2, -0.15) is 0 Å². The van der Waals surface area contributed by atoms with E-state index >= 15 is 0 Å². The van der Waals surface area contributed by atoms with Gasteiger partial charge in [0.1, 0.15) is 5.58 Å². The zero-order valence-corrected chi connectivity index (χ0v) is 7.70. The van der Waals surface area contributed by atoms with E-state index < -0.39 is 7.32 Å². The molecule has 2 aromatic rings. The normalized spacial score (nSPS) is 9.27. The summed E-state index contributed by atoms with van der Waals surface area (Å²) in [6.07, 6.45) is 0. The van der Waals surface area contributed by atoms with Crippen LogP contribution in [0.4, 0.5) is 0 Å². The molecule has 0 atom stereocenters. The molecule has 1 aromatic heterocycles. The van der Waals surface area contributed by atoms with Crippen molar-refractivity contribution >= 4 is 18.3 Å². The molecule has 0 aliphatic rings. The third-order valence-corrected chi connectivity index (χ3v) is 1.53. The fraction of sp³-hybridized carbons (Fsp3) is 0. The van der Waals surface area contributed by atoms with Crippen molar-refractivity contribution in [2.24, 2.45) is 0 Å². The summed E-state index contributed by atoms with van der Waals surface area (Å²) in [5.74, 6) is 0. The first-order valence-corrected chi connectivity index (χ1v) is 4.13. The van der Waals surface area contributed by atoms with Gasteiger partial charge in [-0.3, -0.25) is 0 Å². The maximum absolute atomic E-state index is 10.7. The minimum Gasteiger partial charge on any atom is -0.423 e. The lowest BCUT2D eigenvalue weighted by Gasteiger charge is -1.91. The lowest BCUT2D eigenvalue weighted by atomic mass is 10.2. The Balaban J connectivity index is 0.000000245. The van der Waals surface area contributed by atoms with Gasteiger partial charge >= 0.3 is 12.9 Å². The first-order chi connectivity index (χ1) is 7.09. The Morgan fingerprint density at radius 1 is 1.00 bits per heavy atom. The smallest absolute Gasteiger partial charge is 0.423 e. The van der Waals surface area contributed by atoms with Crippen molar-refractivity contribution in [2.45, 2.75) is 0 Å². The van der Waals surface area contributed by atoms with Gasteiger partial charge in [-0.05, 0) is 12.1 Å². The number of hydrogen-bond donors (Lipinski definition) is 3. The van der Waals surface area contributed by atoms with Gasteiger partial charge < -0.3 is 19.5 Å². The Hall–Kier alpha value is -1.63. The van der Waals surface area contributed by atoms with Crippen LogP contribution in [-0.2, 0) is 0 Å². The molecule has 2 rings (SSSR count). The predicted molar refractivity (Wildman–Crippen MR) is 54.9 cm³/mol. The van der Waals surface area contributed by atoms with Crippen molar-refractivity contribution in [1.29, 1.82) is 0 Å². The van der Waals surface area contributed by atoms with Crippen molar-refractivity contribution in [2.75, 3.05) is 0 Å². The van der Waals surface area contributed by atoms with Gasteiger partial charge in [-0.15, -0.1) is 0 Å². The van der Waals surface area contributed by atoms with Crippen molar-refractivity contribution < 1.29 is 19.5 Å². The van der Waals surface area contributed by atoms with Crippen LogP contribution < -0.4 is 5.63 Å². The van der Waals surface area contributed by atoms with Gasteiger partial charge in [-0.1, -0.05) is 18.2 Å². The fourth-order valence-electron chi connectivity index (χ4n) is 1.01. The van der Waals surface area contributed by atoms with Gasteiger partial charge in [0.2, 0.25) is 0 Å². The third-order valence-electron chi connectivity index (χ3n) is 1.53. The summed E-state index contributed by atoms with van der Waals surface area (Å²) in [5.41, 5.74) is 0.337. The van der Waals surface area contributed by atoms with Gasteiger partial charge in [0, 0.05) is 11.5 Å². The molecule has 0 saturated carbocycles. The van der Waals surface area contributed by atoms with Crippen LogP contribution in [-0.4, -0.2) is 22.4 Å². The SMILES string of the molecule is O=c1ccc2ccccc2o1.OB(O)O. The molecule has 3 N–H and O–H groups in total. The summed E-state index contributed by atoms with van der Waals surface area (Å²) in [5, 5.41) is 22.5. The van der Waals surface area contributed by atoms with E-state index in [1.165, 1.54) is 6.07 Å². The Labute approximate surface area is 85.4 Å². The maximum atomic E-state index is 10.7. The molecule has 15 heavy (non-hydrogen) atoms. The second kappa shape index (κ2) is 5.30. The molecule has 0 aliphatic carbocycles. The van der Waals surface area contributed by atoms with Crippen LogP contribution >= 0.6 is 0 Å². The molecule has 0 unspecified atom stereocenters. The second-order valence-corrected chi connectivity index (χ2v) is 2.64. The van der Waals surface area contributed by atoms with E-state index in [0.29, 0.717) is 5.58 Å². The van der Waals surface area contributed by atoms with Crippen LogP contribution in [0.3, 0.4) is 0 Å². The maximum Gasteiger partial charge on any atom is 0.631 e. The Morgan fingerprint density at radius 3 is 2.27 bits per heavy atom. The number of para-hydroxylation sites is 1. The summed E-state index contributed by atoms with van der Waals surface area (Å²) in [6, 6.07) is 10.6. The minimum atomic E-state index is -2.17. The zero-order chi connectivity index (χ0) is 11.3. The standard InChI is InChI=1S/C9H6O2.BH3O3/c10-9-6-5-7-3-1-2-4-8(7)11-9;2-1(3)4/h1-6H;2-4H. The van der Waals surface area contributed by atoms with E-state index in [2.05, 4.69) is 0 Å². The van der Waals surface area contributed by atoms with E-state index in [1.54, 1.807) is 12.1 Å². The molecular weight excluding hydrogens is 199 g/mol. The van der Waals surface area contributed by atoms with Crippen LogP contribution in [0.25, 0.3) is 11.0 Å². The number of rotatable bonds is 0. The molecule has 0 bridgehead atoms. The topological polar surface area (TPSA) is 90.9 Å². The van der Waals surface area contributed by atoms with Crippen LogP contribution in [0.15, 0.2) is 45.6 Å². The molecular formula is C9H9BO5. The van der Waals surface area contributed by atoms with E-state index in [0.717, 1.165) is 5.39 Å². The zero-order valence-electron chi connectivity index (χ0n) is 7.70. The highest BCUT2D eigenvalue weighted by Crippen LogP contribution is 2.08. The number of benzene rings is 1. The molecule has 6 heteroatoms. The average Bonchev–Trinajstić information content (AvgIpc) is 2.16. The lowest BCUT2D eigenvalue weighted by molar-refractivity contribution is 0.278. The van der Waals surface area contributed by atoms with Crippen LogP contribution in [0.5, 0.6) is 0 Å². The van der Waals surface area contributed by atoms with E-state index in [-0.39, 0.29) is 5.63 Å². The van der Waals surface area contributed by atoms with Crippen LogP contribution in [0.1, 0.15) is 0 Å². The fourth-order valence-corrected chi connectivity index (χ4v) is 1.01. The minimum absolute atomic E-state index is 0.302. The highest BCUT2D eigenvalue weighted by Gasteiger charge is 1.93. The molecule has 1 heterocycles. The largest absolute Gasteiger partial charge is 0.631 e. The highest BCUT2D eigenvalue weighted by molar-refractivity contribution is 6.30. The first-order valence-electron chi connectivity index (χ1n) is 4.13. The van der Waals surface area contributed by atoms with Gasteiger partial charge in [0.05, 0.1) is 0 Å². The molecule has 0 aliphatic heterocycles. The van der Waals surface area contributed by atoms with Crippen LogP contribution in [0, 0.1) is 0 Å². The van der Waals surface area contributed by atoms with E-state index in [4.69, 9.17) is 19.5 Å². The Bertz CT molecular complexity index is 476. The highest BCUT2D eigenvalue weighted by atomic mass is 16.5. The summed E-state index contributed by atoms with van der Waals surface area (Å²) in [7, 11) is -2.17. The molecule has 0 fully saturated rings. The van der Waals surface area contributed by atoms with Gasteiger partial charge in [0.15, 0.2) is 0 Å². The van der Waals surface area contributed by atoms with E-state index in [9.17, 15) is 4.79 Å². The first kappa shape index (κ1) is 11.4.